The van der Waals surface area contributed by atoms with Crippen molar-refractivity contribution in [3.05, 3.63) is 48.7 Å². The van der Waals surface area contributed by atoms with E-state index in [1.807, 2.05) is 0 Å². The SMILES string of the molecule is [CH2]c1ccc(C([CH2])CN2CCCCC2)cc1C. The molecule has 1 atom stereocenters. The fraction of sp³-hybridized carbons (Fsp3) is 0.500. The first-order valence-electron chi connectivity index (χ1n) is 6.65. The molecule has 92 valence electrons. The predicted octanol–water partition coefficient (Wildman–Crippen LogP) is 3.58. The van der Waals surface area contributed by atoms with Crippen LogP contribution in [0, 0.1) is 20.8 Å². The smallest absolute Gasteiger partial charge is 0.00503 e. The van der Waals surface area contributed by atoms with Gasteiger partial charge in [-0.3, -0.25) is 0 Å². The summed E-state index contributed by atoms with van der Waals surface area (Å²) in [6.07, 6.45) is 4.10. The first-order chi connectivity index (χ1) is 8.16. The van der Waals surface area contributed by atoms with Crippen molar-refractivity contribution in [1.29, 1.82) is 0 Å². The Morgan fingerprint density at radius 1 is 1.24 bits per heavy atom. The van der Waals surface area contributed by atoms with Crippen LogP contribution < -0.4 is 0 Å². The van der Waals surface area contributed by atoms with Crippen LogP contribution in [0.4, 0.5) is 0 Å². The number of likely N-dealkylation sites (tertiary alicyclic amines) is 1. The monoisotopic (exact) mass is 229 g/mol. The molecule has 0 spiro atoms. The Labute approximate surface area is 106 Å². The first-order valence-corrected chi connectivity index (χ1v) is 6.65. The molecule has 1 aliphatic rings. The van der Waals surface area contributed by atoms with E-state index in [0.717, 1.165) is 12.1 Å². The second-order valence-corrected chi connectivity index (χ2v) is 5.24. The molecule has 0 aromatic heterocycles. The van der Waals surface area contributed by atoms with Gasteiger partial charge in [0.2, 0.25) is 0 Å². The van der Waals surface area contributed by atoms with Gasteiger partial charge in [-0.2, -0.15) is 0 Å². The summed E-state index contributed by atoms with van der Waals surface area (Å²) in [5.41, 5.74) is 3.74. The van der Waals surface area contributed by atoms with Gasteiger partial charge in [0, 0.05) is 6.54 Å². The molecule has 2 rings (SSSR count). The number of piperidine rings is 1. The summed E-state index contributed by atoms with van der Waals surface area (Å²) < 4.78 is 0. The van der Waals surface area contributed by atoms with E-state index in [1.54, 1.807) is 0 Å². The molecule has 17 heavy (non-hydrogen) atoms. The van der Waals surface area contributed by atoms with Gasteiger partial charge in [0.25, 0.3) is 0 Å². The van der Waals surface area contributed by atoms with Crippen molar-refractivity contribution in [2.75, 3.05) is 19.6 Å². The van der Waals surface area contributed by atoms with Gasteiger partial charge in [-0.15, -0.1) is 0 Å². The second-order valence-electron chi connectivity index (χ2n) is 5.24. The number of hydrogen-bond donors (Lipinski definition) is 0. The number of rotatable bonds is 3. The van der Waals surface area contributed by atoms with Crippen molar-refractivity contribution < 1.29 is 0 Å². The fourth-order valence-corrected chi connectivity index (χ4v) is 2.53. The lowest BCUT2D eigenvalue weighted by Crippen LogP contribution is -2.32. The second kappa shape index (κ2) is 5.68. The highest BCUT2D eigenvalue weighted by atomic mass is 15.1. The van der Waals surface area contributed by atoms with E-state index >= 15 is 0 Å². The molecule has 1 heterocycles. The third kappa shape index (κ3) is 3.32. The third-order valence-corrected chi connectivity index (χ3v) is 3.77. The molecule has 0 amide bonds. The zero-order valence-electron chi connectivity index (χ0n) is 10.9. The van der Waals surface area contributed by atoms with Crippen molar-refractivity contribution in [2.45, 2.75) is 32.1 Å². The standard InChI is InChI=1S/C16H23N/c1-13-7-8-16(11-14(13)2)15(3)12-17-9-5-4-6-10-17/h7-8,11,15H,1,3-6,9-10,12H2,2H3. The van der Waals surface area contributed by atoms with Crippen molar-refractivity contribution >= 4 is 0 Å². The molecule has 1 fully saturated rings. The molecular weight excluding hydrogens is 206 g/mol. The lowest BCUT2D eigenvalue weighted by Gasteiger charge is -2.29. The van der Waals surface area contributed by atoms with Gasteiger partial charge >= 0.3 is 0 Å². The largest absolute Gasteiger partial charge is 0.303 e. The van der Waals surface area contributed by atoms with E-state index in [1.165, 1.54) is 43.5 Å². The van der Waals surface area contributed by atoms with E-state index in [9.17, 15) is 0 Å². The lowest BCUT2D eigenvalue weighted by atomic mass is 9.96. The van der Waals surface area contributed by atoms with Crippen LogP contribution in [0.25, 0.3) is 0 Å². The highest BCUT2D eigenvalue weighted by Crippen LogP contribution is 2.21. The van der Waals surface area contributed by atoms with Crippen molar-refractivity contribution in [1.82, 2.24) is 4.90 Å². The van der Waals surface area contributed by atoms with E-state index in [0.29, 0.717) is 5.92 Å². The van der Waals surface area contributed by atoms with Gasteiger partial charge in [-0.1, -0.05) is 24.6 Å². The molecule has 1 saturated heterocycles. The van der Waals surface area contributed by atoms with E-state index < -0.39 is 0 Å². The van der Waals surface area contributed by atoms with E-state index in [-0.39, 0.29) is 0 Å². The van der Waals surface area contributed by atoms with E-state index in [2.05, 4.69) is 43.9 Å². The molecule has 1 unspecified atom stereocenters. The highest BCUT2D eigenvalue weighted by molar-refractivity contribution is 5.35. The molecule has 0 N–H and O–H groups in total. The number of benzene rings is 1. The Balaban J connectivity index is 1.98. The summed E-state index contributed by atoms with van der Waals surface area (Å²) in [5, 5.41) is 0. The minimum atomic E-state index is 0.382. The van der Waals surface area contributed by atoms with Gasteiger partial charge in [0.05, 0.1) is 0 Å². The van der Waals surface area contributed by atoms with Gasteiger partial charge in [0.15, 0.2) is 0 Å². The lowest BCUT2D eigenvalue weighted by molar-refractivity contribution is 0.223. The minimum absolute atomic E-state index is 0.382. The van der Waals surface area contributed by atoms with Gasteiger partial charge < -0.3 is 4.90 Å². The van der Waals surface area contributed by atoms with Crippen molar-refractivity contribution in [3.8, 4) is 0 Å². The predicted molar refractivity (Wildman–Crippen MR) is 74.0 cm³/mol. The third-order valence-electron chi connectivity index (χ3n) is 3.77. The fourth-order valence-electron chi connectivity index (χ4n) is 2.53. The van der Waals surface area contributed by atoms with Crippen molar-refractivity contribution in [3.63, 3.8) is 0 Å². The molecule has 0 bridgehead atoms. The Kier molecular flexibility index (Phi) is 4.22. The maximum Gasteiger partial charge on any atom is 0.00503 e. The van der Waals surface area contributed by atoms with Gasteiger partial charge in [-0.25, -0.2) is 0 Å². The molecule has 1 heteroatoms. The van der Waals surface area contributed by atoms with Crippen LogP contribution >= 0.6 is 0 Å². The Hall–Kier alpha value is -0.820. The van der Waals surface area contributed by atoms with Crippen LogP contribution in [0.1, 0.15) is 41.9 Å². The quantitative estimate of drug-likeness (QED) is 0.765. The maximum absolute atomic E-state index is 4.31. The molecule has 1 aromatic carbocycles. The van der Waals surface area contributed by atoms with Crippen molar-refractivity contribution in [2.24, 2.45) is 0 Å². The summed E-state index contributed by atoms with van der Waals surface area (Å²) in [7, 11) is 0. The Morgan fingerprint density at radius 2 is 1.94 bits per heavy atom. The average Bonchev–Trinajstić information content (AvgIpc) is 2.34. The summed E-state index contributed by atoms with van der Waals surface area (Å²) in [4.78, 5) is 2.55. The summed E-state index contributed by atoms with van der Waals surface area (Å²) in [6, 6.07) is 6.53. The number of hydrogen-bond acceptors (Lipinski definition) is 1. The Bertz CT molecular complexity index is 364. The number of aryl methyl sites for hydroxylation is 1. The number of nitrogens with zero attached hydrogens (tertiary/aromatic N) is 1. The van der Waals surface area contributed by atoms with Crippen LogP contribution in [-0.2, 0) is 0 Å². The summed E-state index contributed by atoms with van der Waals surface area (Å²) >= 11 is 0. The maximum atomic E-state index is 4.31. The molecule has 1 nitrogen and oxygen atoms in total. The molecule has 1 aliphatic heterocycles. The van der Waals surface area contributed by atoms with E-state index in [4.69, 9.17) is 0 Å². The highest BCUT2D eigenvalue weighted by Gasteiger charge is 2.14. The van der Waals surface area contributed by atoms with Gasteiger partial charge in [-0.05, 0) is 69.3 Å². The van der Waals surface area contributed by atoms with Gasteiger partial charge in [0.1, 0.15) is 0 Å². The van der Waals surface area contributed by atoms with Crippen LogP contribution in [0.5, 0.6) is 0 Å². The molecule has 0 aliphatic carbocycles. The average molecular weight is 229 g/mol. The minimum Gasteiger partial charge on any atom is -0.303 e. The summed E-state index contributed by atoms with van der Waals surface area (Å²) in [6.45, 7) is 14.0. The molecule has 2 radical (unpaired) electrons. The summed E-state index contributed by atoms with van der Waals surface area (Å²) in [5.74, 6) is 0.382. The molecule has 0 saturated carbocycles. The molecular formula is C16H23N. The van der Waals surface area contributed by atoms with Crippen LogP contribution in [0.3, 0.4) is 0 Å². The van der Waals surface area contributed by atoms with Crippen LogP contribution in [-0.4, -0.2) is 24.5 Å². The first kappa shape index (κ1) is 12.6. The van der Waals surface area contributed by atoms with Crippen LogP contribution in [0.15, 0.2) is 18.2 Å². The Morgan fingerprint density at radius 3 is 2.59 bits per heavy atom. The molecule has 1 aromatic rings. The zero-order valence-corrected chi connectivity index (χ0v) is 10.9. The topological polar surface area (TPSA) is 3.24 Å². The normalized spacial score (nSPS) is 19.2. The zero-order chi connectivity index (χ0) is 12.3. The van der Waals surface area contributed by atoms with Crippen LogP contribution in [0.2, 0.25) is 0 Å².